The van der Waals surface area contributed by atoms with Gasteiger partial charge in [0, 0.05) is 31.2 Å². The van der Waals surface area contributed by atoms with E-state index in [9.17, 15) is 0 Å². The Morgan fingerprint density at radius 3 is 2.40 bits per heavy atom. The van der Waals surface area contributed by atoms with Crippen molar-refractivity contribution in [3.05, 3.63) is 0 Å². The van der Waals surface area contributed by atoms with E-state index in [1.807, 2.05) is 0 Å². The molecule has 2 rings (SSSR count). The van der Waals surface area contributed by atoms with Crippen LogP contribution in [-0.2, 0) is 4.74 Å². The van der Waals surface area contributed by atoms with Crippen LogP contribution in [-0.4, -0.2) is 50.3 Å². The van der Waals surface area contributed by atoms with Crippen LogP contribution < -0.4 is 5.32 Å². The molecule has 0 aromatic rings. The molecule has 3 nitrogen and oxygen atoms in total. The van der Waals surface area contributed by atoms with Crippen molar-refractivity contribution in [3.8, 4) is 0 Å². The van der Waals surface area contributed by atoms with E-state index in [2.05, 4.69) is 37.9 Å². The van der Waals surface area contributed by atoms with Crippen molar-refractivity contribution >= 4 is 0 Å². The van der Waals surface area contributed by atoms with Gasteiger partial charge in [-0.15, -0.1) is 0 Å². The molecule has 2 aliphatic heterocycles. The van der Waals surface area contributed by atoms with Gasteiger partial charge in [0.15, 0.2) is 0 Å². The maximum Gasteiger partial charge on any atom is 0.0547 e. The van der Waals surface area contributed by atoms with Crippen molar-refractivity contribution in [3.63, 3.8) is 0 Å². The van der Waals surface area contributed by atoms with Crippen molar-refractivity contribution in [2.45, 2.75) is 59.4 Å². The van der Waals surface area contributed by atoms with Gasteiger partial charge in [-0.1, -0.05) is 34.1 Å². The van der Waals surface area contributed by atoms with E-state index in [1.165, 1.54) is 45.3 Å². The third kappa shape index (κ3) is 4.19. The zero-order valence-electron chi connectivity index (χ0n) is 14.0. The third-order valence-electron chi connectivity index (χ3n) is 5.55. The van der Waals surface area contributed by atoms with Crippen LogP contribution in [0.3, 0.4) is 0 Å². The maximum atomic E-state index is 5.73. The number of hydrogen-bond donors (Lipinski definition) is 1. The van der Waals surface area contributed by atoms with Crippen molar-refractivity contribution < 1.29 is 4.74 Å². The number of piperidine rings is 1. The first-order valence-corrected chi connectivity index (χ1v) is 8.50. The Hall–Kier alpha value is -0.120. The van der Waals surface area contributed by atoms with Gasteiger partial charge in [-0.05, 0) is 37.8 Å². The van der Waals surface area contributed by atoms with Crippen molar-refractivity contribution in [2.24, 2.45) is 10.8 Å². The van der Waals surface area contributed by atoms with Gasteiger partial charge < -0.3 is 15.0 Å². The first-order chi connectivity index (χ1) is 9.47. The fraction of sp³-hybridized carbons (Fsp3) is 1.00. The highest BCUT2D eigenvalue weighted by Crippen LogP contribution is 2.36. The molecule has 2 aliphatic rings. The molecule has 20 heavy (non-hydrogen) atoms. The first kappa shape index (κ1) is 16.3. The molecule has 1 N–H and O–H groups in total. The molecule has 0 aliphatic carbocycles. The largest absolute Gasteiger partial charge is 0.381 e. The Bertz CT molecular complexity index is 289. The zero-order valence-corrected chi connectivity index (χ0v) is 14.0. The van der Waals surface area contributed by atoms with Gasteiger partial charge in [0.05, 0.1) is 6.61 Å². The Morgan fingerprint density at radius 1 is 1.20 bits per heavy atom. The predicted octanol–water partition coefficient (Wildman–Crippen LogP) is 2.90. The van der Waals surface area contributed by atoms with Gasteiger partial charge in [0.1, 0.15) is 0 Å². The summed E-state index contributed by atoms with van der Waals surface area (Å²) < 4.78 is 5.73. The van der Waals surface area contributed by atoms with Crippen LogP contribution in [0.25, 0.3) is 0 Å². The van der Waals surface area contributed by atoms with E-state index in [0.29, 0.717) is 16.9 Å². The minimum Gasteiger partial charge on any atom is -0.381 e. The summed E-state index contributed by atoms with van der Waals surface area (Å²) in [6, 6.07) is 0.567. The lowest BCUT2D eigenvalue weighted by atomic mass is 9.77. The molecule has 2 heterocycles. The van der Waals surface area contributed by atoms with Crippen LogP contribution >= 0.6 is 0 Å². The average molecular weight is 282 g/mol. The van der Waals surface area contributed by atoms with E-state index in [-0.39, 0.29) is 0 Å². The smallest absolute Gasteiger partial charge is 0.0547 e. The summed E-state index contributed by atoms with van der Waals surface area (Å²) in [6.45, 7) is 16.0. The summed E-state index contributed by atoms with van der Waals surface area (Å²) >= 11 is 0. The van der Waals surface area contributed by atoms with Gasteiger partial charge in [-0.3, -0.25) is 0 Å². The zero-order chi connectivity index (χ0) is 14.6. The molecule has 1 unspecified atom stereocenters. The molecule has 0 saturated carbocycles. The molecular weight excluding hydrogens is 248 g/mol. The summed E-state index contributed by atoms with van der Waals surface area (Å²) in [5, 5.41) is 3.64. The van der Waals surface area contributed by atoms with Crippen molar-refractivity contribution in [1.82, 2.24) is 10.2 Å². The highest BCUT2D eigenvalue weighted by Gasteiger charge is 2.38. The SMILES string of the molecule is CCC1(C)CCN(CC2(CNC(C)C)CCOC2)CC1. The normalized spacial score (nSPS) is 31.1. The second-order valence-electron chi connectivity index (χ2n) is 7.78. The highest BCUT2D eigenvalue weighted by molar-refractivity contribution is 4.91. The summed E-state index contributed by atoms with van der Waals surface area (Å²) in [7, 11) is 0. The van der Waals surface area contributed by atoms with Gasteiger partial charge in [0.2, 0.25) is 0 Å². The lowest BCUT2D eigenvalue weighted by Gasteiger charge is -2.42. The van der Waals surface area contributed by atoms with Gasteiger partial charge in [-0.2, -0.15) is 0 Å². The van der Waals surface area contributed by atoms with Crippen molar-refractivity contribution in [2.75, 3.05) is 39.4 Å². The minimum absolute atomic E-state index is 0.351. The molecule has 0 spiro atoms. The summed E-state index contributed by atoms with van der Waals surface area (Å²) in [5.74, 6) is 0. The van der Waals surface area contributed by atoms with Crippen LogP contribution in [0.4, 0.5) is 0 Å². The standard InChI is InChI=1S/C17H34N2O/c1-5-16(4)6-9-19(10-7-16)13-17(8-11-20-14-17)12-18-15(2)3/h15,18H,5-14H2,1-4H3. The Balaban J connectivity index is 1.86. The third-order valence-corrected chi connectivity index (χ3v) is 5.55. The average Bonchev–Trinajstić information content (AvgIpc) is 2.89. The summed E-state index contributed by atoms with van der Waals surface area (Å²) in [4.78, 5) is 2.69. The van der Waals surface area contributed by atoms with Gasteiger partial charge in [-0.25, -0.2) is 0 Å². The topological polar surface area (TPSA) is 24.5 Å². The number of ether oxygens (including phenoxy) is 1. The fourth-order valence-corrected chi connectivity index (χ4v) is 3.47. The number of likely N-dealkylation sites (tertiary alicyclic amines) is 1. The molecule has 0 amide bonds. The van der Waals surface area contributed by atoms with E-state index in [1.54, 1.807) is 0 Å². The first-order valence-electron chi connectivity index (χ1n) is 8.50. The minimum atomic E-state index is 0.351. The molecule has 118 valence electrons. The summed E-state index contributed by atoms with van der Waals surface area (Å²) in [5.41, 5.74) is 0.941. The molecule has 0 aromatic heterocycles. The quantitative estimate of drug-likeness (QED) is 0.811. The van der Waals surface area contributed by atoms with Crippen molar-refractivity contribution in [1.29, 1.82) is 0 Å². The number of rotatable bonds is 6. The number of nitrogens with zero attached hydrogens (tertiary/aromatic N) is 1. The molecule has 2 saturated heterocycles. The lowest BCUT2D eigenvalue weighted by molar-refractivity contribution is 0.0607. The van der Waals surface area contributed by atoms with Crippen LogP contribution in [0.15, 0.2) is 0 Å². The van der Waals surface area contributed by atoms with Gasteiger partial charge >= 0.3 is 0 Å². The molecule has 3 heteroatoms. The maximum absolute atomic E-state index is 5.73. The van der Waals surface area contributed by atoms with E-state index >= 15 is 0 Å². The second-order valence-corrected chi connectivity index (χ2v) is 7.78. The molecule has 0 radical (unpaired) electrons. The van der Waals surface area contributed by atoms with E-state index in [0.717, 1.165) is 19.8 Å². The monoisotopic (exact) mass is 282 g/mol. The molecule has 1 atom stereocenters. The predicted molar refractivity (Wildman–Crippen MR) is 85.1 cm³/mol. The van der Waals surface area contributed by atoms with Crippen LogP contribution in [0, 0.1) is 10.8 Å². The molecular formula is C17H34N2O. The van der Waals surface area contributed by atoms with Crippen LogP contribution in [0.2, 0.25) is 0 Å². The Morgan fingerprint density at radius 2 is 1.90 bits per heavy atom. The number of nitrogens with one attached hydrogen (secondary N) is 1. The molecule has 0 bridgehead atoms. The second kappa shape index (κ2) is 6.76. The lowest BCUT2D eigenvalue weighted by Crippen LogP contribution is -2.49. The molecule has 0 aromatic carbocycles. The fourth-order valence-electron chi connectivity index (χ4n) is 3.47. The Labute approximate surface area is 125 Å². The summed E-state index contributed by atoms with van der Waals surface area (Å²) in [6.07, 6.45) is 5.26. The number of hydrogen-bond acceptors (Lipinski definition) is 3. The van der Waals surface area contributed by atoms with E-state index in [4.69, 9.17) is 4.74 Å². The Kier molecular flexibility index (Phi) is 5.49. The van der Waals surface area contributed by atoms with Gasteiger partial charge in [0.25, 0.3) is 0 Å². The highest BCUT2D eigenvalue weighted by atomic mass is 16.5. The van der Waals surface area contributed by atoms with Crippen LogP contribution in [0.5, 0.6) is 0 Å². The molecule has 2 fully saturated rings. The van der Waals surface area contributed by atoms with E-state index < -0.39 is 0 Å². The van der Waals surface area contributed by atoms with Crippen LogP contribution in [0.1, 0.15) is 53.4 Å².